The van der Waals surface area contributed by atoms with Crippen LogP contribution in [0.3, 0.4) is 0 Å². The van der Waals surface area contributed by atoms with Crippen LogP contribution in [0.15, 0.2) is 41.7 Å². The van der Waals surface area contributed by atoms with E-state index in [0.717, 1.165) is 25.7 Å². The summed E-state index contributed by atoms with van der Waals surface area (Å²) in [5.41, 5.74) is 3.27. The predicted molar refractivity (Wildman–Crippen MR) is 93.6 cm³/mol. The Kier molecular flexibility index (Phi) is 4.42. The van der Waals surface area contributed by atoms with Crippen molar-refractivity contribution in [2.75, 3.05) is 5.43 Å². The molecule has 1 aromatic carbocycles. The topological polar surface area (TPSA) is 108 Å². The number of rotatable bonds is 4. The van der Waals surface area contributed by atoms with Crippen LogP contribution in [0, 0.1) is 11.8 Å². The minimum absolute atomic E-state index is 0.0223. The largest absolute Gasteiger partial charge is 0.277 e. The van der Waals surface area contributed by atoms with Gasteiger partial charge in [0.25, 0.3) is 5.56 Å². The maximum absolute atomic E-state index is 12.5. The molecule has 0 saturated heterocycles. The lowest BCUT2D eigenvalue weighted by Gasteiger charge is -2.27. The molecule has 1 saturated carbocycles. The maximum Gasteiger partial charge on any atom is 0.277 e. The first kappa shape index (κ1) is 16.4. The molecular formula is C17H19N7O2. The van der Waals surface area contributed by atoms with Gasteiger partial charge in [0, 0.05) is 12.5 Å². The molecular weight excluding hydrogens is 334 g/mol. The van der Waals surface area contributed by atoms with Crippen molar-refractivity contribution < 1.29 is 4.79 Å². The Balaban J connectivity index is 1.37. The molecule has 0 radical (unpaired) electrons. The van der Waals surface area contributed by atoms with Gasteiger partial charge in [0.1, 0.15) is 18.2 Å². The van der Waals surface area contributed by atoms with Crippen LogP contribution >= 0.6 is 0 Å². The average molecular weight is 353 g/mol. The van der Waals surface area contributed by atoms with Crippen LogP contribution in [0.25, 0.3) is 10.9 Å². The van der Waals surface area contributed by atoms with Gasteiger partial charge in [0.05, 0.1) is 5.39 Å². The fourth-order valence-corrected chi connectivity index (χ4v) is 3.47. The zero-order chi connectivity index (χ0) is 17.9. The van der Waals surface area contributed by atoms with Crippen LogP contribution in [0.4, 0.5) is 0 Å². The highest BCUT2D eigenvalue weighted by molar-refractivity contribution is 5.85. The van der Waals surface area contributed by atoms with Crippen LogP contribution < -0.4 is 11.0 Å². The fourth-order valence-electron chi connectivity index (χ4n) is 3.47. The molecule has 0 aliphatic heterocycles. The third-order valence-electron chi connectivity index (χ3n) is 4.94. The zero-order valence-electron chi connectivity index (χ0n) is 14.2. The van der Waals surface area contributed by atoms with E-state index >= 15 is 0 Å². The molecule has 1 fully saturated rings. The minimum atomic E-state index is -0.108. The maximum atomic E-state index is 12.5. The summed E-state index contributed by atoms with van der Waals surface area (Å²) in [6, 6.07) is 7.23. The SMILES string of the molecule is O=C(Nn1cnnc1)C1CCC(Cn2nnc3ccccc3c2=O)CC1. The van der Waals surface area contributed by atoms with Gasteiger partial charge >= 0.3 is 0 Å². The second-order valence-corrected chi connectivity index (χ2v) is 6.66. The van der Waals surface area contributed by atoms with Crippen LogP contribution in [0.5, 0.6) is 0 Å². The highest BCUT2D eigenvalue weighted by Crippen LogP contribution is 2.29. The molecule has 0 bridgehead atoms. The molecule has 3 aromatic rings. The van der Waals surface area contributed by atoms with Crippen LogP contribution in [-0.2, 0) is 11.3 Å². The number of fused-ring (bicyclic) bond motifs is 1. The molecule has 1 aliphatic carbocycles. The second kappa shape index (κ2) is 7.03. The van der Waals surface area contributed by atoms with Crippen molar-refractivity contribution in [3.63, 3.8) is 0 Å². The number of hydrogen-bond donors (Lipinski definition) is 1. The summed E-state index contributed by atoms with van der Waals surface area (Å²) >= 11 is 0. The van der Waals surface area contributed by atoms with Gasteiger partial charge < -0.3 is 0 Å². The molecule has 1 N–H and O–H groups in total. The summed E-state index contributed by atoms with van der Waals surface area (Å²) in [6.45, 7) is 0.538. The molecule has 26 heavy (non-hydrogen) atoms. The molecule has 134 valence electrons. The third-order valence-corrected chi connectivity index (χ3v) is 4.94. The molecule has 0 unspecified atom stereocenters. The lowest BCUT2D eigenvalue weighted by atomic mass is 9.81. The van der Waals surface area contributed by atoms with E-state index in [1.54, 1.807) is 12.1 Å². The van der Waals surface area contributed by atoms with E-state index in [9.17, 15) is 9.59 Å². The first-order chi connectivity index (χ1) is 12.7. The molecule has 1 aliphatic rings. The molecule has 2 aromatic heterocycles. The Morgan fingerprint density at radius 3 is 2.62 bits per heavy atom. The average Bonchev–Trinajstić information content (AvgIpc) is 3.18. The normalized spacial score (nSPS) is 20.2. The van der Waals surface area contributed by atoms with E-state index in [-0.39, 0.29) is 17.4 Å². The molecule has 0 atom stereocenters. The summed E-state index contributed by atoms with van der Waals surface area (Å²) in [7, 11) is 0. The number of amides is 1. The van der Waals surface area contributed by atoms with Crippen molar-refractivity contribution in [2.45, 2.75) is 32.2 Å². The van der Waals surface area contributed by atoms with Gasteiger partial charge in [-0.15, -0.1) is 15.3 Å². The summed E-state index contributed by atoms with van der Waals surface area (Å²) in [4.78, 5) is 24.8. The van der Waals surface area contributed by atoms with Crippen LogP contribution in [0.1, 0.15) is 25.7 Å². The van der Waals surface area contributed by atoms with Crippen molar-refractivity contribution in [1.82, 2.24) is 29.9 Å². The van der Waals surface area contributed by atoms with Gasteiger partial charge in [-0.1, -0.05) is 17.3 Å². The standard InChI is InChI=1S/C17H19N7O2/c25-16(21-23-10-18-19-11-23)13-7-5-12(6-8-13)9-24-17(26)14-3-1-2-4-15(14)20-22-24/h1-4,10-13H,5-9H2,(H,21,25). The number of hydrogen-bond acceptors (Lipinski definition) is 6. The molecule has 2 heterocycles. The van der Waals surface area contributed by atoms with Gasteiger partial charge in [-0.3, -0.25) is 15.0 Å². The Hall–Kier alpha value is -3.10. The number of aromatic nitrogens is 6. The van der Waals surface area contributed by atoms with E-state index in [0.29, 0.717) is 23.4 Å². The van der Waals surface area contributed by atoms with Gasteiger partial charge in [0.2, 0.25) is 5.91 Å². The molecule has 1 amide bonds. The van der Waals surface area contributed by atoms with Crippen molar-refractivity contribution in [3.8, 4) is 0 Å². The molecule has 0 spiro atoms. The smallest absolute Gasteiger partial charge is 0.273 e. The summed E-state index contributed by atoms with van der Waals surface area (Å²) in [6.07, 6.45) is 6.23. The minimum Gasteiger partial charge on any atom is -0.273 e. The number of carbonyl (C=O) groups is 1. The molecule has 9 nitrogen and oxygen atoms in total. The second-order valence-electron chi connectivity index (χ2n) is 6.66. The Morgan fingerprint density at radius 1 is 1.12 bits per heavy atom. The van der Waals surface area contributed by atoms with E-state index < -0.39 is 0 Å². The van der Waals surface area contributed by atoms with E-state index in [1.807, 2.05) is 12.1 Å². The zero-order valence-corrected chi connectivity index (χ0v) is 14.2. The summed E-state index contributed by atoms with van der Waals surface area (Å²) in [5.74, 6) is 0.265. The van der Waals surface area contributed by atoms with Crippen molar-refractivity contribution in [1.29, 1.82) is 0 Å². The lowest BCUT2D eigenvalue weighted by molar-refractivity contribution is -0.122. The van der Waals surface area contributed by atoms with Crippen LogP contribution in [0.2, 0.25) is 0 Å². The van der Waals surface area contributed by atoms with Crippen molar-refractivity contribution in [3.05, 3.63) is 47.3 Å². The number of nitrogens with one attached hydrogen (secondary N) is 1. The summed E-state index contributed by atoms with van der Waals surface area (Å²) < 4.78 is 2.91. The van der Waals surface area contributed by atoms with Gasteiger partial charge in [0.15, 0.2) is 0 Å². The van der Waals surface area contributed by atoms with Gasteiger partial charge in [-0.2, -0.15) is 0 Å². The fraction of sp³-hybridized carbons (Fsp3) is 0.412. The Labute approximate surface area is 149 Å². The number of carbonyl (C=O) groups excluding carboxylic acids is 1. The van der Waals surface area contributed by atoms with Crippen molar-refractivity contribution >= 4 is 16.8 Å². The monoisotopic (exact) mass is 353 g/mol. The number of nitrogens with zero attached hydrogens (tertiary/aromatic N) is 6. The summed E-state index contributed by atoms with van der Waals surface area (Å²) in [5, 5.41) is 16.1. The quantitative estimate of drug-likeness (QED) is 0.748. The van der Waals surface area contributed by atoms with Crippen molar-refractivity contribution in [2.24, 2.45) is 11.8 Å². The first-order valence-electron chi connectivity index (χ1n) is 8.69. The Morgan fingerprint density at radius 2 is 1.85 bits per heavy atom. The lowest BCUT2D eigenvalue weighted by Crippen LogP contribution is -2.34. The Bertz CT molecular complexity index is 959. The van der Waals surface area contributed by atoms with E-state index in [1.165, 1.54) is 22.0 Å². The highest BCUT2D eigenvalue weighted by Gasteiger charge is 2.27. The molecule has 4 rings (SSSR count). The van der Waals surface area contributed by atoms with Crippen LogP contribution in [-0.4, -0.2) is 35.8 Å². The first-order valence-corrected chi connectivity index (χ1v) is 8.69. The van der Waals surface area contributed by atoms with E-state index in [4.69, 9.17) is 0 Å². The predicted octanol–water partition coefficient (Wildman–Crippen LogP) is 0.960. The van der Waals surface area contributed by atoms with E-state index in [2.05, 4.69) is 25.9 Å². The third kappa shape index (κ3) is 3.32. The molecule has 9 heteroatoms. The highest BCUT2D eigenvalue weighted by atomic mass is 16.2. The number of benzene rings is 1. The van der Waals surface area contributed by atoms with Gasteiger partial charge in [-0.25, -0.2) is 9.36 Å². The van der Waals surface area contributed by atoms with Gasteiger partial charge in [-0.05, 0) is 43.7 Å².